The van der Waals surface area contributed by atoms with Crippen LogP contribution in [-0.2, 0) is 9.53 Å². The molecule has 0 bridgehead atoms. The zero-order chi connectivity index (χ0) is 25.3. The Labute approximate surface area is 202 Å². The monoisotopic (exact) mass is 499 g/mol. The summed E-state index contributed by atoms with van der Waals surface area (Å²) < 4.78 is 22.8. The molecule has 182 valence electrons. The molecule has 1 aromatic carbocycles. The van der Waals surface area contributed by atoms with Gasteiger partial charge in [0.15, 0.2) is 16.3 Å². The van der Waals surface area contributed by atoms with Gasteiger partial charge in [0.2, 0.25) is 0 Å². The third-order valence-corrected chi connectivity index (χ3v) is 6.29. The molecule has 0 spiro atoms. The second-order valence-corrected chi connectivity index (χ2v) is 8.36. The number of fused-ring (bicyclic) bond motifs is 1. The predicted octanol–water partition coefficient (Wildman–Crippen LogP) is 2.32. The van der Waals surface area contributed by atoms with Crippen molar-refractivity contribution >= 4 is 29.3 Å². The topological polar surface area (TPSA) is 135 Å². The lowest BCUT2D eigenvalue weighted by Crippen LogP contribution is -2.39. The highest BCUT2D eigenvalue weighted by Gasteiger charge is 2.34. The van der Waals surface area contributed by atoms with Crippen LogP contribution in [-0.4, -0.2) is 36.3 Å². The Balaban J connectivity index is 1.95. The first kappa shape index (κ1) is 24.0. The van der Waals surface area contributed by atoms with Gasteiger partial charge in [0, 0.05) is 6.08 Å². The maximum atomic E-state index is 13.5. The van der Waals surface area contributed by atoms with Crippen molar-refractivity contribution in [3.05, 3.63) is 82.7 Å². The molecule has 1 atom stereocenters. The first-order valence-electron chi connectivity index (χ1n) is 10.4. The fourth-order valence-electron chi connectivity index (χ4n) is 3.78. The molecule has 11 nitrogen and oxygen atoms in total. The van der Waals surface area contributed by atoms with E-state index in [2.05, 4.69) is 4.99 Å². The van der Waals surface area contributed by atoms with Gasteiger partial charge in [0.05, 0.1) is 48.7 Å². The van der Waals surface area contributed by atoms with E-state index in [9.17, 15) is 19.7 Å². The third kappa shape index (κ3) is 4.35. The summed E-state index contributed by atoms with van der Waals surface area (Å²) in [5.74, 6) is 0.0254. The smallest absolute Gasteiger partial charge is 0.433 e. The van der Waals surface area contributed by atoms with Crippen LogP contribution in [0.25, 0.3) is 6.08 Å². The van der Waals surface area contributed by atoms with E-state index < -0.39 is 28.4 Å². The SMILES string of the molecule is CCOC(=O)C1=C(C)N=c2s/c(=C/c3ccc([N+](=O)[O-])o3)c(=O)n2[C@@H]1c1ccc(OC)c(OC)c1. The van der Waals surface area contributed by atoms with Gasteiger partial charge in [-0.05, 0) is 37.6 Å². The zero-order valence-electron chi connectivity index (χ0n) is 19.3. The molecular weight excluding hydrogens is 478 g/mol. The van der Waals surface area contributed by atoms with Gasteiger partial charge < -0.3 is 18.6 Å². The molecule has 35 heavy (non-hydrogen) atoms. The number of hydrogen-bond donors (Lipinski definition) is 0. The van der Waals surface area contributed by atoms with Gasteiger partial charge in [-0.3, -0.25) is 19.5 Å². The lowest BCUT2D eigenvalue weighted by molar-refractivity contribution is -0.402. The Morgan fingerprint density at radius 2 is 2.00 bits per heavy atom. The van der Waals surface area contributed by atoms with E-state index in [1.54, 1.807) is 32.0 Å². The Kier molecular flexibility index (Phi) is 6.56. The minimum absolute atomic E-state index is 0.144. The summed E-state index contributed by atoms with van der Waals surface area (Å²) >= 11 is 1.08. The maximum absolute atomic E-state index is 13.5. The van der Waals surface area contributed by atoms with Crippen LogP contribution in [0.3, 0.4) is 0 Å². The highest BCUT2D eigenvalue weighted by atomic mass is 32.1. The van der Waals surface area contributed by atoms with Crippen molar-refractivity contribution in [1.29, 1.82) is 0 Å². The summed E-state index contributed by atoms with van der Waals surface area (Å²) in [6.07, 6.45) is 1.41. The number of ether oxygens (including phenoxy) is 3. The lowest BCUT2D eigenvalue weighted by Gasteiger charge is -2.25. The predicted molar refractivity (Wildman–Crippen MR) is 125 cm³/mol. The first-order chi connectivity index (χ1) is 16.8. The molecule has 4 rings (SSSR count). The van der Waals surface area contributed by atoms with Gasteiger partial charge in [0.25, 0.3) is 5.56 Å². The van der Waals surface area contributed by atoms with Crippen LogP contribution in [0.2, 0.25) is 0 Å². The van der Waals surface area contributed by atoms with E-state index in [1.165, 1.54) is 37.0 Å². The lowest BCUT2D eigenvalue weighted by atomic mass is 9.95. The molecule has 3 heterocycles. The van der Waals surface area contributed by atoms with Crippen molar-refractivity contribution in [3.8, 4) is 11.5 Å². The molecule has 0 fully saturated rings. The minimum atomic E-state index is -0.849. The average molecular weight is 500 g/mol. The number of carbonyl (C=O) groups excluding carboxylic acids is 1. The van der Waals surface area contributed by atoms with Crippen LogP contribution < -0.4 is 24.4 Å². The zero-order valence-corrected chi connectivity index (χ0v) is 20.1. The van der Waals surface area contributed by atoms with Crippen LogP contribution in [0.15, 0.2) is 55.8 Å². The van der Waals surface area contributed by atoms with Gasteiger partial charge in [-0.2, -0.15) is 0 Å². The van der Waals surface area contributed by atoms with Gasteiger partial charge in [-0.1, -0.05) is 17.4 Å². The molecule has 0 amide bonds. The van der Waals surface area contributed by atoms with Crippen molar-refractivity contribution < 1.29 is 28.3 Å². The van der Waals surface area contributed by atoms with Crippen molar-refractivity contribution in [3.63, 3.8) is 0 Å². The van der Waals surface area contributed by atoms with Crippen molar-refractivity contribution in [1.82, 2.24) is 4.57 Å². The third-order valence-electron chi connectivity index (χ3n) is 5.31. The number of thiazole rings is 1. The van der Waals surface area contributed by atoms with Gasteiger partial charge in [0.1, 0.15) is 10.7 Å². The molecule has 1 aliphatic heterocycles. The quantitative estimate of drug-likeness (QED) is 0.275. The number of nitrogens with zero attached hydrogens (tertiary/aromatic N) is 3. The molecule has 0 saturated heterocycles. The number of methoxy groups -OCH3 is 2. The number of carbonyl (C=O) groups is 1. The van der Waals surface area contributed by atoms with E-state index in [0.717, 1.165) is 11.3 Å². The molecule has 0 saturated carbocycles. The second-order valence-electron chi connectivity index (χ2n) is 7.35. The Morgan fingerprint density at radius 1 is 1.26 bits per heavy atom. The fraction of sp³-hybridized carbons (Fsp3) is 0.261. The van der Waals surface area contributed by atoms with Crippen molar-refractivity contribution in [2.75, 3.05) is 20.8 Å². The Hall–Kier alpha value is -4.19. The molecule has 0 aliphatic carbocycles. The molecule has 0 N–H and O–H groups in total. The summed E-state index contributed by atoms with van der Waals surface area (Å²) in [5.41, 5.74) is 0.763. The maximum Gasteiger partial charge on any atom is 0.433 e. The second kappa shape index (κ2) is 9.58. The summed E-state index contributed by atoms with van der Waals surface area (Å²) in [4.78, 5) is 41.6. The summed E-state index contributed by atoms with van der Waals surface area (Å²) in [7, 11) is 3.00. The Morgan fingerprint density at radius 3 is 2.63 bits per heavy atom. The summed E-state index contributed by atoms with van der Waals surface area (Å²) in [6, 6.07) is 6.86. The Bertz CT molecular complexity index is 1530. The van der Waals surface area contributed by atoms with Crippen molar-refractivity contribution in [2.45, 2.75) is 19.9 Å². The number of nitro groups is 1. The fourth-order valence-corrected chi connectivity index (χ4v) is 4.80. The van der Waals surface area contributed by atoms with E-state index >= 15 is 0 Å². The number of rotatable bonds is 7. The van der Waals surface area contributed by atoms with Gasteiger partial charge in [-0.25, -0.2) is 9.79 Å². The molecule has 3 aromatic rings. The number of furan rings is 1. The van der Waals surface area contributed by atoms with Crippen LogP contribution in [0, 0.1) is 10.1 Å². The van der Waals surface area contributed by atoms with Crippen molar-refractivity contribution in [2.24, 2.45) is 4.99 Å². The molecule has 2 aromatic heterocycles. The van der Waals surface area contributed by atoms with E-state index in [1.807, 2.05) is 0 Å². The molecule has 12 heteroatoms. The molecular formula is C23H21N3O8S. The van der Waals surface area contributed by atoms with Crippen LogP contribution >= 0.6 is 11.3 Å². The van der Waals surface area contributed by atoms with Gasteiger partial charge in [-0.15, -0.1) is 0 Å². The summed E-state index contributed by atoms with van der Waals surface area (Å²) in [5, 5.41) is 10.9. The normalized spacial score (nSPS) is 15.4. The number of aromatic nitrogens is 1. The van der Waals surface area contributed by atoms with E-state index in [0.29, 0.717) is 27.6 Å². The largest absolute Gasteiger partial charge is 0.493 e. The van der Waals surface area contributed by atoms with E-state index in [-0.39, 0.29) is 22.5 Å². The number of benzene rings is 1. The first-order valence-corrected chi connectivity index (χ1v) is 11.3. The van der Waals surface area contributed by atoms with Crippen LogP contribution in [0.1, 0.15) is 31.2 Å². The average Bonchev–Trinajstić information content (AvgIpc) is 3.42. The van der Waals surface area contributed by atoms with Crippen LogP contribution in [0.5, 0.6) is 11.5 Å². The molecule has 0 radical (unpaired) electrons. The number of hydrogen-bond acceptors (Lipinski definition) is 10. The standard InChI is InChI=1S/C23H21N3O8S/c1-5-33-22(28)19-12(2)24-23-25(20(19)13-6-8-15(31-3)16(10-13)32-4)21(27)17(35-23)11-14-7-9-18(34-14)26(29)30/h6-11,20H,5H2,1-4H3/b17-11+/t20-/m1/s1. The minimum Gasteiger partial charge on any atom is -0.493 e. The van der Waals surface area contributed by atoms with E-state index in [4.69, 9.17) is 18.6 Å². The highest BCUT2D eigenvalue weighted by Crippen LogP contribution is 2.36. The number of allylic oxidation sites excluding steroid dienone is 1. The molecule has 1 aliphatic rings. The van der Waals surface area contributed by atoms with Crippen LogP contribution in [0.4, 0.5) is 5.88 Å². The molecule has 0 unspecified atom stereocenters. The highest BCUT2D eigenvalue weighted by molar-refractivity contribution is 7.07. The van der Waals surface area contributed by atoms with Gasteiger partial charge >= 0.3 is 11.9 Å². The summed E-state index contributed by atoms with van der Waals surface area (Å²) in [6.45, 7) is 3.51. The number of esters is 1.